The van der Waals surface area contributed by atoms with E-state index in [4.69, 9.17) is 10.5 Å². The molecule has 0 aliphatic rings. The van der Waals surface area contributed by atoms with Crippen molar-refractivity contribution in [2.24, 2.45) is 5.73 Å². The second-order valence-electron chi connectivity index (χ2n) is 3.81. The topological polar surface area (TPSA) is 64.3 Å². The van der Waals surface area contributed by atoms with E-state index in [9.17, 15) is 4.79 Å². The predicted octanol–water partition coefficient (Wildman–Crippen LogP) is 1.93. The van der Waals surface area contributed by atoms with E-state index in [1.807, 2.05) is 38.1 Å². The third-order valence-electron chi connectivity index (χ3n) is 1.98. The molecule has 0 saturated heterocycles. The normalized spacial score (nSPS) is 9.88. The van der Waals surface area contributed by atoms with Gasteiger partial charge < -0.3 is 15.8 Å². The van der Waals surface area contributed by atoms with Gasteiger partial charge in [-0.25, -0.2) is 0 Å². The van der Waals surface area contributed by atoms with Crippen LogP contribution in [0.15, 0.2) is 24.3 Å². The van der Waals surface area contributed by atoms with Crippen LogP contribution in [0.5, 0.6) is 0 Å². The number of hydrogen-bond acceptors (Lipinski definition) is 3. The van der Waals surface area contributed by atoms with Crippen LogP contribution >= 0.6 is 12.4 Å². The summed E-state index contributed by atoms with van der Waals surface area (Å²) >= 11 is 0. The molecule has 5 heteroatoms. The minimum atomic E-state index is -0.193. The molecular weight excluding hydrogens is 240 g/mol. The lowest BCUT2D eigenvalue weighted by Gasteiger charge is -2.09. The van der Waals surface area contributed by atoms with Crippen LogP contribution in [0.3, 0.4) is 0 Å². The summed E-state index contributed by atoms with van der Waals surface area (Å²) in [7, 11) is 0. The maximum atomic E-state index is 11.1. The minimum Gasteiger partial charge on any atom is -0.374 e. The number of amides is 1. The molecule has 1 amide bonds. The number of nitrogens with two attached hydrogens (primary N) is 1. The summed E-state index contributed by atoms with van der Waals surface area (Å²) in [6.07, 6.45) is 0.197. The van der Waals surface area contributed by atoms with Gasteiger partial charge in [0.05, 0.1) is 19.3 Å². The Bertz CT molecular complexity index is 356. The highest BCUT2D eigenvalue weighted by Crippen LogP contribution is 2.12. The van der Waals surface area contributed by atoms with E-state index >= 15 is 0 Å². The molecule has 17 heavy (non-hydrogen) atoms. The average Bonchev–Trinajstić information content (AvgIpc) is 2.26. The van der Waals surface area contributed by atoms with Crippen molar-refractivity contribution in [3.63, 3.8) is 0 Å². The Morgan fingerprint density at radius 2 is 2.18 bits per heavy atom. The molecule has 4 nitrogen and oxygen atoms in total. The SMILES string of the molecule is CC(C)OCc1cccc(NC(=O)CN)c1.Cl. The highest BCUT2D eigenvalue weighted by molar-refractivity contribution is 5.92. The Morgan fingerprint density at radius 3 is 2.76 bits per heavy atom. The van der Waals surface area contributed by atoms with Gasteiger partial charge in [-0.05, 0) is 31.5 Å². The molecule has 1 rings (SSSR count). The molecule has 0 aliphatic heterocycles. The third kappa shape index (κ3) is 6.26. The third-order valence-corrected chi connectivity index (χ3v) is 1.98. The first kappa shape index (κ1) is 15.9. The molecule has 0 aromatic heterocycles. The van der Waals surface area contributed by atoms with Crippen molar-refractivity contribution in [3.8, 4) is 0 Å². The fourth-order valence-corrected chi connectivity index (χ4v) is 1.21. The number of nitrogens with one attached hydrogen (secondary N) is 1. The number of benzene rings is 1. The maximum Gasteiger partial charge on any atom is 0.238 e. The van der Waals surface area contributed by atoms with E-state index in [2.05, 4.69) is 5.32 Å². The number of ether oxygens (including phenoxy) is 1. The van der Waals surface area contributed by atoms with Crippen molar-refractivity contribution in [2.45, 2.75) is 26.6 Å². The van der Waals surface area contributed by atoms with E-state index in [1.165, 1.54) is 0 Å². The Morgan fingerprint density at radius 1 is 1.47 bits per heavy atom. The van der Waals surface area contributed by atoms with Crippen LogP contribution in [0.4, 0.5) is 5.69 Å². The van der Waals surface area contributed by atoms with E-state index < -0.39 is 0 Å². The zero-order valence-corrected chi connectivity index (χ0v) is 10.9. The first-order valence-electron chi connectivity index (χ1n) is 5.32. The van der Waals surface area contributed by atoms with Crippen molar-refractivity contribution in [3.05, 3.63) is 29.8 Å². The van der Waals surface area contributed by atoms with Gasteiger partial charge in [0.2, 0.25) is 5.91 Å². The molecule has 0 atom stereocenters. The van der Waals surface area contributed by atoms with E-state index in [0.29, 0.717) is 6.61 Å². The first-order chi connectivity index (χ1) is 7.61. The van der Waals surface area contributed by atoms with Gasteiger partial charge >= 0.3 is 0 Å². The smallest absolute Gasteiger partial charge is 0.238 e. The van der Waals surface area contributed by atoms with Crippen molar-refractivity contribution in [2.75, 3.05) is 11.9 Å². The van der Waals surface area contributed by atoms with Gasteiger partial charge in [-0.1, -0.05) is 12.1 Å². The summed E-state index contributed by atoms with van der Waals surface area (Å²) in [5.41, 5.74) is 7.00. The molecule has 0 aliphatic carbocycles. The number of halogens is 1. The quantitative estimate of drug-likeness (QED) is 0.848. The maximum absolute atomic E-state index is 11.1. The van der Waals surface area contributed by atoms with Gasteiger partial charge in [0, 0.05) is 5.69 Å². The van der Waals surface area contributed by atoms with Crippen LogP contribution in [0.25, 0.3) is 0 Å². The van der Waals surface area contributed by atoms with Crippen LogP contribution < -0.4 is 11.1 Å². The zero-order chi connectivity index (χ0) is 12.0. The summed E-state index contributed by atoms with van der Waals surface area (Å²) in [5, 5.41) is 2.70. The lowest BCUT2D eigenvalue weighted by atomic mass is 10.2. The van der Waals surface area contributed by atoms with Gasteiger partial charge in [-0.2, -0.15) is 0 Å². The highest BCUT2D eigenvalue weighted by Gasteiger charge is 2.01. The molecule has 0 bridgehead atoms. The van der Waals surface area contributed by atoms with Gasteiger partial charge in [0.15, 0.2) is 0 Å². The summed E-state index contributed by atoms with van der Waals surface area (Å²) in [5.74, 6) is -0.193. The van der Waals surface area contributed by atoms with Crippen LogP contribution in [0.2, 0.25) is 0 Å². The van der Waals surface area contributed by atoms with Gasteiger partial charge in [-0.3, -0.25) is 4.79 Å². The highest BCUT2D eigenvalue weighted by atomic mass is 35.5. The van der Waals surface area contributed by atoms with Crippen molar-refractivity contribution in [1.82, 2.24) is 0 Å². The molecule has 3 N–H and O–H groups in total. The Balaban J connectivity index is 0.00000256. The molecule has 0 fully saturated rings. The number of rotatable bonds is 5. The van der Waals surface area contributed by atoms with Crippen molar-refractivity contribution >= 4 is 24.0 Å². The molecule has 0 spiro atoms. The molecule has 0 radical (unpaired) electrons. The van der Waals surface area contributed by atoms with Gasteiger partial charge in [-0.15, -0.1) is 12.4 Å². The zero-order valence-electron chi connectivity index (χ0n) is 10.1. The Hall–Kier alpha value is -1.10. The largest absolute Gasteiger partial charge is 0.374 e. The summed E-state index contributed by atoms with van der Waals surface area (Å²) in [6, 6.07) is 7.55. The number of hydrogen-bond donors (Lipinski definition) is 2. The second-order valence-corrected chi connectivity index (χ2v) is 3.81. The van der Waals surface area contributed by atoms with E-state index in [0.717, 1.165) is 11.3 Å². The fourth-order valence-electron chi connectivity index (χ4n) is 1.21. The number of carbonyl (C=O) groups is 1. The van der Waals surface area contributed by atoms with E-state index in [-0.39, 0.29) is 31.0 Å². The van der Waals surface area contributed by atoms with Crippen LogP contribution in [-0.2, 0) is 16.1 Å². The molecule has 0 heterocycles. The fraction of sp³-hybridized carbons (Fsp3) is 0.417. The molecule has 0 unspecified atom stereocenters. The predicted molar refractivity (Wildman–Crippen MR) is 71.3 cm³/mol. The van der Waals surface area contributed by atoms with Crippen molar-refractivity contribution < 1.29 is 9.53 Å². The van der Waals surface area contributed by atoms with Crippen LogP contribution in [-0.4, -0.2) is 18.6 Å². The lowest BCUT2D eigenvalue weighted by Crippen LogP contribution is -2.21. The Labute approximate surface area is 108 Å². The molecule has 0 saturated carbocycles. The summed E-state index contributed by atoms with van der Waals surface area (Å²) in [6.45, 7) is 4.51. The molecule has 1 aromatic rings. The van der Waals surface area contributed by atoms with Crippen molar-refractivity contribution in [1.29, 1.82) is 0 Å². The average molecular weight is 259 g/mol. The van der Waals surface area contributed by atoms with Gasteiger partial charge in [0.25, 0.3) is 0 Å². The lowest BCUT2D eigenvalue weighted by molar-refractivity contribution is -0.114. The standard InChI is InChI=1S/C12H18N2O2.ClH/c1-9(2)16-8-10-4-3-5-11(6-10)14-12(15)7-13;/h3-6,9H,7-8,13H2,1-2H3,(H,14,15);1H. The van der Waals surface area contributed by atoms with Crippen LogP contribution in [0.1, 0.15) is 19.4 Å². The number of carbonyl (C=O) groups excluding carboxylic acids is 1. The summed E-state index contributed by atoms with van der Waals surface area (Å²) < 4.78 is 5.48. The Kier molecular flexibility index (Phi) is 7.54. The molecule has 96 valence electrons. The number of anilines is 1. The first-order valence-corrected chi connectivity index (χ1v) is 5.32. The van der Waals surface area contributed by atoms with E-state index in [1.54, 1.807) is 0 Å². The molecular formula is C12H19ClN2O2. The minimum absolute atomic E-state index is 0. The van der Waals surface area contributed by atoms with Crippen LogP contribution in [0, 0.1) is 0 Å². The molecule has 1 aromatic carbocycles. The van der Waals surface area contributed by atoms with Gasteiger partial charge in [0.1, 0.15) is 0 Å². The summed E-state index contributed by atoms with van der Waals surface area (Å²) in [4.78, 5) is 11.1. The monoisotopic (exact) mass is 258 g/mol. The second kappa shape index (κ2) is 8.06.